The van der Waals surface area contributed by atoms with Crippen molar-refractivity contribution in [1.82, 2.24) is 4.57 Å². The van der Waals surface area contributed by atoms with Crippen LogP contribution >= 0.6 is 7.92 Å². The normalized spacial score (nSPS) is 18.4. The lowest BCUT2D eigenvalue weighted by Crippen LogP contribution is -2.55. The Morgan fingerprint density at radius 3 is 1.42 bits per heavy atom. The number of para-hydroxylation sites is 1. The van der Waals surface area contributed by atoms with Crippen molar-refractivity contribution in [2.24, 2.45) is 0 Å². The smallest absolute Gasteiger partial charge is 0.0886 e. The van der Waals surface area contributed by atoms with Crippen molar-refractivity contribution in [2.75, 3.05) is 0 Å². The zero-order valence-corrected chi connectivity index (χ0v) is 28.7. The first-order valence-corrected chi connectivity index (χ1v) is 23.4. The van der Waals surface area contributed by atoms with Crippen LogP contribution in [0.25, 0.3) is 5.69 Å². The fraction of sp³-hybridized carbons (Fsp3) is 0.706. The molecule has 0 bridgehead atoms. The molecule has 212 valence electrons. The molecule has 1 heterocycles. The van der Waals surface area contributed by atoms with Gasteiger partial charge in [-0.05, 0) is 59.5 Å². The predicted octanol–water partition coefficient (Wildman–Crippen LogP) is 9.68. The lowest BCUT2D eigenvalue weighted by molar-refractivity contribution is 0.486. The van der Waals surface area contributed by atoms with Gasteiger partial charge < -0.3 is 4.57 Å². The van der Waals surface area contributed by atoms with Crippen LogP contribution in [0.15, 0.2) is 36.5 Å². The van der Waals surface area contributed by atoms with Crippen LogP contribution in [-0.2, 0) is 0 Å². The van der Waals surface area contributed by atoms with E-state index >= 15 is 0 Å². The highest BCUT2D eigenvalue weighted by molar-refractivity contribution is 7.66. The molecule has 2 saturated carbocycles. The van der Waals surface area contributed by atoms with E-state index in [0.717, 1.165) is 11.3 Å². The third kappa shape index (κ3) is 5.73. The Balaban J connectivity index is 1.98. The molecule has 1 aromatic heterocycles. The number of aromatic nitrogens is 1. The summed E-state index contributed by atoms with van der Waals surface area (Å²) in [5.74, 6) is 0. The van der Waals surface area contributed by atoms with E-state index in [1.54, 1.807) is 21.5 Å². The van der Waals surface area contributed by atoms with E-state index in [1.165, 1.54) is 100 Å². The molecule has 0 saturated heterocycles. The minimum atomic E-state index is -1.57. The first kappa shape index (κ1) is 30.3. The van der Waals surface area contributed by atoms with E-state index in [0.29, 0.717) is 0 Å². The Labute approximate surface area is 239 Å². The molecule has 38 heavy (non-hydrogen) atoms. The van der Waals surface area contributed by atoms with E-state index in [9.17, 15) is 0 Å². The van der Waals surface area contributed by atoms with Gasteiger partial charge in [0.05, 0.1) is 16.1 Å². The molecule has 0 aliphatic heterocycles. The second kappa shape index (κ2) is 13.8. The summed E-state index contributed by atoms with van der Waals surface area (Å²) in [5, 5.41) is 3.60. The number of benzene rings is 1. The zero-order chi connectivity index (χ0) is 27.2. The molecule has 2 aromatic rings. The minimum absolute atomic E-state index is 0.128. The van der Waals surface area contributed by atoms with Gasteiger partial charge in [-0.15, -0.1) is 0 Å². The van der Waals surface area contributed by atoms with Crippen LogP contribution in [0.4, 0.5) is 0 Å². The van der Waals surface area contributed by atoms with Crippen molar-refractivity contribution in [1.29, 1.82) is 0 Å². The SMILES string of the molecule is CC[Si](CC)(CC)c1cccc([Si](CC)(CC)CC)c1-n1cccc1P(C1CCCCC1)C1CCCCC1. The Hall–Kier alpha value is -0.636. The molecule has 4 heteroatoms. The number of hydrogen-bond donors (Lipinski definition) is 0. The molecule has 2 fully saturated rings. The highest BCUT2D eigenvalue weighted by Gasteiger charge is 2.40. The first-order valence-electron chi connectivity index (χ1n) is 16.6. The molecule has 0 atom stereocenters. The van der Waals surface area contributed by atoms with Gasteiger partial charge in [-0.25, -0.2) is 0 Å². The maximum atomic E-state index is 2.87. The number of rotatable bonds is 12. The van der Waals surface area contributed by atoms with Crippen LogP contribution in [0, 0.1) is 0 Å². The molecule has 4 rings (SSSR count). The molecule has 0 N–H and O–H groups in total. The third-order valence-corrected chi connectivity index (χ3v) is 26.1. The first-order chi connectivity index (χ1) is 18.5. The van der Waals surface area contributed by atoms with Crippen molar-refractivity contribution in [3.05, 3.63) is 36.5 Å². The second-order valence-electron chi connectivity index (χ2n) is 12.6. The summed E-state index contributed by atoms with van der Waals surface area (Å²) in [5.41, 5.74) is 5.36. The summed E-state index contributed by atoms with van der Waals surface area (Å²) in [7, 11) is -3.27. The standard InChI is InChI=1S/C34H58NPSi2/c1-7-37(8-2,9-3)31-25-19-26-32(38(10-4,11-5)12-6)34(31)35-28-20-27-33(35)36(29-21-15-13-16-22-29)30-23-17-14-18-24-30/h19-20,25-30H,7-18,21-24H2,1-6H3. The topological polar surface area (TPSA) is 4.93 Å². The van der Waals surface area contributed by atoms with Crippen LogP contribution < -0.4 is 15.8 Å². The average molecular weight is 568 g/mol. The second-order valence-corrected chi connectivity index (χ2v) is 25.8. The lowest BCUT2D eigenvalue weighted by Gasteiger charge is -2.41. The van der Waals surface area contributed by atoms with Crippen molar-refractivity contribution in [3.8, 4) is 5.69 Å². The van der Waals surface area contributed by atoms with Crippen LogP contribution in [-0.4, -0.2) is 32.0 Å². The van der Waals surface area contributed by atoms with E-state index in [4.69, 9.17) is 0 Å². The van der Waals surface area contributed by atoms with Gasteiger partial charge >= 0.3 is 0 Å². The summed E-state index contributed by atoms with van der Waals surface area (Å²) in [6, 6.07) is 20.9. The van der Waals surface area contributed by atoms with Crippen LogP contribution in [0.3, 0.4) is 0 Å². The summed E-state index contributed by atoms with van der Waals surface area (Å²) < 4.78 is 2.87. The number of hydrogen-bond acceptors (Lipinski definition) is 0. The molecule has 0 spiro atoms. The van der Waals surface area contributed by atoms with Gasteiger partial charge in [0.2, 0.25) is 0 Å². The summed E-state index contributed by atoms with van der Waals surface area (Å²) >= 11 is 0. The highest BCUT2D eigenvalue weighted by Crippen LogP contribution is 2.55. The van der Waals surface area contributed by atoms with Crippen molar-refractivity contribution >= 4 is 39.9 Å². The summed E-state index contributed by atoms with van der Waals surface area (Å²) in [4.78, 5) is 0. The van der Waals surface area contributed by atoms with Gasteiger partial charge in [-0.2, -0.15) is 0 Å². The molecule has 2 aliphatic rings. The Morgan fingerprint density at radius 1 is 0.605 bits per heavy atom. The maximum absolute atomic E-state index is 2.87. The average Bonchev–Trinajstić information content (AvgIpc) is 3.46. The van der Waals surface area contributed by atoms with E-state index in [-0.39, 0.29) is 7.92 Å². The van der Waals surface area contributed by atoms with Gasteiger partial charge in [-0.3, -0.25) is 0 Å². The minimum Gasteiger partial charge on any atom is -0.317 e. The Morgan fingerprint density at radius 2 is 1.03 bits per heavy atom. The molecule has 0 radical (unpaired) electrons. The Kier molecular flexibility index (Phi) is 11.0. The monoisotopic (exact) mass is 567 g/mol. The molecule has 1 nitrogen and oxygen atoms in total. The predicted molar refractivity (Wildman–Crippen MR) is 180 cm³/mol. The van der Waals surface area contributed by atoms with Crippen LogP contribution in [0.5, 0.6) is 0 Å². The molecule has 0 unspecified atom stereocenters. The van der Waals surface area contributed by atoms with Crippen LogP contribution in [0.1, 0.15) is 106 Å². The number of nitrogens with zero attached hydrogens (tertiary/aromatic N) is 1. The van der Waals surface area contributed by atoms with E-state index < -0.39 is 16.1 Å². The summed E-state index contributed by atoms with van der Waals surface area (Å²) in [6.45, 7) is 15.0. The largest absolute Gasteiger partial charge is 0.317 e. The molecule has 2 aliphatic carbocycles. The third-order valence-electron chi connectivity index (χ3n) is 11.4. The van der Waals surface area contributed by atoms with Crippen molar-refractivity contribution in [2.45, 2.75) is 153 Å². The lowest BCUT2D eigenvalue weighted by atomic mass is 9.99. The van der Waals surface area contributed by atoms with Crippen molar-refractivity contribution < 1.29 is 0 Å². The highest BCUT2D eigenvalue weighted by atomic mass is 31.1. The van der Waals surface area contributed by atoms with Gasteiger partial charge in [0.1, 0.15) is 0 Å². The van der Waals surface area contributed by atoms with Crippen LogP contribution in [0.2, 0.25) is 36.3 Å². The van der Waals surface area contributed by atoms with E-state index in [1.807, 2.05) is 0 Å². The van der Waals surface area contributed by atoms with Crippen molar-refractivity contribution in [3.63, 3.8) is 0 Å². The molecular formula is C34H58NPSi2. The quantitative estimate of drug-likeness (QED) is 0.178. The molecule has 1 aromatic carbocycles. The van der Waals surface area contributed by atoms with Gasteiger partial charge in [0.15, 0.2) is 0 Å². The van der Waals surface area contributed by atoms with Gasteiger partial charge in [-0.1, -0.05) is 142 Å². The Bertz CT molecular complexity index is 921. The summed E-state index contributed by atoms with van der Waals surface area (Å²) in [6.07, 6.45) is 17.3. The maximum Gasteiger partial charge on any atom is 0.0886 e. The fourth-order valence-electron chi connectivity index (χ4n) is 8.46. The zero-order valence-electron chi connectivity index (χ0n) is 25.8. The molecular weight excluding hydrogens is 510 g/mol. The van der Waals surface area contributed by atoms with Gasteiger partial charge in [0.25, 0.3) is 0 Å². The van der Waals surface area contributed by atoms with E-state index in [2.05, 4.69) is 82.6 Å². The van der Waals surface area contributed by atoms with Gasteiger partial charge in [0, 0.05) is 17.3 Å². The fourth-order valence-corrected chi connectivity index (χ4v) is 20.1. The molecule has 0 amide bonds.